The fourth-order valence-electron chi connectivity index (χ4n) is 0.537. The van der Waals surface area contributed by atoms with Gasteiger partial charge in [0.25, 0.3) is 0 Å². The van der Waals surface area contributed by atoms with Crippen molar-refractivity contribution in [1.82, 2.24) is 0 Å². The molecule has 1 fully saturated rings. The minimum atomic E-state index is 0.619. The summed E-state index contributed by atoms with van der Waals surface area (Å²) in [5.74, 6) is 2.64. The van der Waals surface area contributed by atoms with Crippen LogP contribution in [0.1, 0.15) is 6.42 Å². The summed E-state index contributed by atoms with van der Waals surface area (Å²) in [5.41, 5.74) is 0. The molecule has 1 heterocycles. The van der Waals surface area contributed by atoms with E-state index in [2.05, 4.69) is 6.92 Å². The van der Waals surface area contributed by atoms with Crippen LogP contribution in [0.4, 0.5) is 0 Å². The third kappa shape index (κ3) is 1.96. The van der Waals surface area contributed by atoms with Gasteiger partial charge in [-0.2, -0.15) is 0 Å². The smallest absolute Gasteiger partial charge is 0.0503 e. The monoisotopic (exact) mass is 133 g/mol. The average Bonchev–Trinajstić information content (AvgIpc) is 1.69. The van der Waals surface area contributed by atoms with Gasteiger partial charge in [0.05, 0.1) is 4.58 Å². The summed E-state index contributed by atoms with van der Waals surface area (Å²) in [4.78, 5) is 0. The molecule has 1 aliphatic heterocycles. The van der Waals surface area contributed by atoms with Crippen LogP contribution in [0.5, 0.6) is 0 Å². The van der Waals surface area contributed by atoms with Crippen molar-refractivity contribution in [2.75, 3.05) is 11.5 Å². The maximum atomic E-state index is 3.92. The van der Waals surface area contributed by atoms with E-state index in [9.17, 15) is 0 Å². The molecule has 0 aliphatic carbocycles. The maximum Gasteiger partial charge on any atom is 0.0503 e. The summed E-state index contributed by atoms with van der Waals surface area (Å²) in [6.45, 7) is 3.92. The predicted molar refractivity (Wildman–Crippen MR) is 38.7 cm³/mol. The fourth-order valence-corrected chi connectivity index (χ4v) is 2.83. The van der Waals surface area contributed by atoms with Gasteiger partial charge >= 0.3 is 0 Å². The highest BCUT2D eigenvalue weighted by atomic mass is 32.2. The topological polar surface area (TPSA) is 0 Å². The molecule has 0 amide bonds. The van der Waals surface area contributed by atoms with Gasteiger partial charge in [0, 0.05) is 0 Å². The molecule has 0 saturated carbocycles. The summed E-state index contributed by atoms with van der Waals surface area (Å²) in [7, 11) is 0. The van der Waals surface area contributed by atoms with Gasteiger partial charge in [-0.3, -0.25) is 0 Å². The molecule has 0 aromatic carbocycles. The van der Waals surface area contributed by atoms with Crippen LogP contribution in [0.2, 0.25) is 0 Å². The third-order valence-electron chi connectivity index (χ3n) is 0.896. The van der Waals surface area contributed by atoms with Crippen molar-refractivity contribution in [2.24, 2.45) is 0 Å². The van der Waals surface area contributed by atoms with Crippen molar-refractivity contribution in [3.05, 3.63) is 6.92 Å². The van der Waals surface area contributed by atoms with Gasteiger partial charge in [-0.05, 0) is 24.9 Å². The number of rotatable bonds is 0. The van der Waals surface area contributed by atoms with Crippen LogP contribution in [-0.2, 0) is 0 Å². The molecule has 0 N–H and O–H groups in total. The Hall–Kier alpha value is 0.700. The van der Waals surface area contributed by atoms with Crippen molar-refractivity contribution in [1.29, 1.82) is 0 Å². The van der Waals surface area contributed by atoms with Crippen molar-refractivity contribution in [3.63, 3.8) is 0 Å². The Morgan fingerprint density at radius 3 is 2.14 bits per heavy atom. The van der Waals surface area contributed by atoms with Gasteiger partial charge in [0.2, 0.25) is 0 Å². The molecule has 0 bridgehead atoms. The summed E-state index contributed by atoms with van der Waals surface area (Å²) < 4.78 is 0.619. The zero-order valence-corrected chi connectivity index (χ0v) is 5.86. The minimum Gasteiger partial charge on any atom is -0.148 e. The first-order chi connectivity index (χ1) is 3.39. The van der Waals surface area contributed by atoms with Crippen LogP contribution in [-0.4, -0.2) is 16.1 Å². The lowest BCUT2D eigenvalue weighted by molar-refractivity contribution is 1.11. The van der Waals surface area contributed by atoms with Gasteiger partial charge < -0.3 is 0 Å². The summed E-state index contributed by atoms with van der Waals surface area (Å²) in [5, 5.41) is 0. The van der Waals surface area contributed by atoms with Crippen molar-refractivity contribution in [2.45, 2.75) is 11.0 Å². The van der Waals surface area contributed by atoms with E-state index in [1.165, 1.54) is 17.9 Å². The molecule has 7 heavy (non-hydrogen) atoms. The lowest BCUT2D eigenvalue weighted by Crippen LogP contribution is -2.01. The first kappa shape index (κ1) is 5.83. The van der Waals surface area contributed by atoms with E-state index in [1.54, 1.807) is 0 Å². The second-order valence-corrected chi connectivity index (χ2v) is 4.44. The molecule has 0 nitrogen and oxygen atoms in total. The Balaban J connectivity index is 2.12. The highest BCUT2D eigenvalue weighted by Gasteiger charge is 2.06. The molecule has 2 heteroatoms. The van der Waals surface area contributed by atoms with Crippen molar-refractivity contribution >= 4 is 23.5 Å². The van der Waals surface area contributed by atoms with Crippen LogP contribution in [0, 0.1) is 6.92 Å². The second-order valence-electron chi connectivity index (χ2n) is 1.52. The van der Waals surface area contributed by atoms with E-state index in [-0.39, 0.29) is 0 Å². The molecule has 0 spiro atoms. The van der Waals surface area contributed by atoms with Gasteiger partial charge in [0.1, 0.15) is 0 Å². The lowest BCUT2D eigenvalue weighted by atomic mass is 10.6. The Morgan fingerprint density at radius 1 is 1.29 bits per heavy atom. The molecule has 1 radical (unpaired) electrons. The number of hydrogen-bond acceptors (Lipinski definition) is 2. The van der Waals surface area contributed by atoms with Gasteiger partial charge in [-0.15, -0.1) is 23.5 Å². The minimum absolute atomic E-state index is 0.619. The quantitative estimate of drug-likeness (QED) is 0.496. The first-order valence-electron chi connectivity index (χ1n) is 2.46. The van der Waals surface area contributed by atoms with E-state index in [0.29, 0.717) is 4.58 Å². The Kier molecular flexibility index (Phi) is 2.40. The molecule has 1 aliphatic rings. The maximum absolute atomic E-state index is 3.92. The molecular formula is C5H9S2. The lowest BCUT2D eigenvalue weighted by Gasteiger charge is -2.14. The van der Waals surface area contributed by atoms with Gasteiger partial charge in [0.15, 0.2) is 0 Å². The molecule has 1 saturated heterocycles. The fraction of sp³-hybridized carbons (Fsp3) is 0.800. The van der Waals surface area contributed by atoms with Gasteiger partial charge in [-0.1, -0.05) is 0 Å². The van der Waals surface area contributed by atoms with E-state index >= 15 is 0 Å². The van der Waals surface area contributed by atoms with E-state index in [1.807, 2.05) is 23.5 Å². The number of thioether (sulfide) groups is 2. The van der Waals surface area contributed by atoms with E-state index in [0.717, 1.165) is 0 Å². The Bertz CT molecular complexity index is 48.0. The van der Waals surface area contributed by atoms with Crippen LogP contribution >= 0.6 is 23.5 Å². The standard InChI is InChI=1S/C5H9S2/c1-5-6-3-2-4-7-5/h5H,1-4H2. The molecule has 0 unspecified atom stereocenters. The predicted octanol–water partition coefficient (Wildman–Crippen LogP) is 2.02. The third-order valence-corrected chi connectivity index (χ3v) is 3.50. The molecular weight excluding hydrogens is 124 g/mol. The zero-order chi connectivity index (χ0) is 5.11. The molecule has 0 aromatic heterocycles. The summed E-state index contributed by atoms with van der Waals surface area (Å²) in [6.07, 6.45) is 1.38. The van der Waals surface area contributed by atoms with Gasteiger partial charge in [-0.25, -0.2) is 0 Å². The Labute approximate surface area is 53.4 Å². The normalized spacial score (nSPS) is 25.3. The summed E-state index contributed by atoms with van der Waals surface area (Å²) >= 11 is 3.94. The molecule has 0 aromatic rings. The molecule has 41 valence electrons. The average molecular weight is 133 g/mol. The highest BCUT2D eigenvalue weighted by molar-refractivity contribution is 8.17. The van der Waals surface area contributed by atoms with E-state index < -0.39 is 0 Å². The van der Waals surface area contributed by atoms with Crippen molar-refractivity contribution < 1.29 is 0 Å². The van der Waals surface area contributed by atoms with Crippen LogP contribution in [0.25, 0.3) is 0 Å². The largest absolute Gasteiger partial charge is 0.148 e. The van der Waals surface area contributed by atoms with E-state index in [4.69, 9.17) is 0 Å². The second kappa shape index (κ2) is 2.88. The summed E-state index contributed by atoms with van der Waals surface area (Å²) in [6, 6.07) is 0. The van der Waals surface area contributed by atoms with Crippen molar-refractivity contribution in [3.8, 4) is 0 Å². The van der Waals surface area contributed by atoms with Crippen LogP contribution < -0.4 is 0 Å². The van der Waals surface area contributed by atoms with Crippen LogP contribution in [0.15, 0.2) is 0 Å². The van der Waals surface area contributed by atoms with Crippen LogP contribution in [0.3, 0.4) is 0 Å². The SMILES string of the molecule is [CH2]C1SCCCS1. The highest BCUT2D eigenvalue weighted by Crippen LogP contribution is 2.28. The Morgan fingerprint density at radius 2 is 1.86 bits per heavy atom. The molecule has 1 rings (SSSR count). The molecule has 0 atom stereocenters. The zero-order valence-electron chi connectivity index (χ0n) is 4.22. The number of hydrogen-bond donors (Lipinski definition) is 0. The first-order valence-corrected chi connectivity index (χ1v) is 4.55.